The molecule has 1 unspecified atom stereocenters. The van der Waals surface area contributed by atoms with Crippen LogP contribution in [-0.2, 0) is 11.2 Å². The summed E-state index contributed by atoms with van der Waals surface area (Å²) in [6.45, 7) is 3.00. The van der Waals surface area contributed by atoms with E-state index in [1.165, 1.54) is 0 Å². The number of aliphatic hydroxyl groups is 1. The number of hydrogen-bond donors (Lipinski definition) is 1. The molecule has 1 aromatic rings. The van der Waals surface area contributed by atoms with Crippen molar-refractivity contribution in [3.63, 3.8) is 0 Å². The number of β-amino-alcohol motifs (C(OH)–C–C–N with tert-alkyl or cyclic N) is 1. The highest BCUT2D eigenvalue weighted by atomic mass is 16.3. The third kappa shape index (κ3) is 3.33. The molecule has 0 spiro atoms. The molecule has 0 aromatic carbocycles. The van der Waals surface area contributed by atoms with E-state index < -0.39 is 5.60 Å². The van der Waals surface area contributed by atoms with E-state index in [0.29, 0.717) is 19.4 Å². The summed E-state index contributed by atoms with van der Waals surface area (Å²) in [5.41, 5.74) is -0.724. The Hall–Kier alpha value is -1.29. The molecule has 1 saturated heterocycles. The van der Waals surface area contributed by atoms with Crippen LogP contribution in [-0.4, -0.2) is 34.6 Å². The molecule has 0 aliphatic carbocycles. The Bertz CT molecular complexity index is 370. The first-order chi connectivity index (χ1) is 8.07. The molecule has 4 nitrogen and oxygen atoms in total. The van der Waals surface area contributed by atoms with Gasteiger partial charge in [0.2, 0.25) is 5.91 Å². The van der Waals surface area contributed by atoms with E-state index in [2.05, 4.69) is 0 Å². The molecule has 0 saturated carbocycles. The van der Waals surface area contributed by atoms with E-state index >= 15 is 0 Å². The van der Waals surface area contributed by atoms with E-state index in [1.54, 1.807) is 18.1 Å². The standard InChI is InChI=1S/C13H19NO3/c1-13(16)7-3-8-14(10-13)12(15)6-5-11-4-2-9-17-11/h2,4,9,16H,3,5-8,10H2,1H3. The molecule has 1 amide bonds. The number of piperidine rings is 1. The fourth-order valence-corrected chi connectivity index (χ4v) is 2.28. The van der Waals surface area contributed by atoms with Gasteiger partial charge in [0, 0.05) is 25.9 Å². The van der Waals surface area contributed by atoms with Crippen LogP contribution in [0.1, 0.15) is 31.9 Å². The highest BCUT2D eigenvalue weighted by Crippen LogP contribution is 2.21. The quantitative estimate of drug-likeness (QED) is 0.868. The summed E-state index contributed by atoms with van der Waals surface area (Å²) in [5, 5.41) is 9.93. The number of amides is 1. The fraction of sp³-hybridized carbons (Fsp3) is 0.615. The molecule has 1 fully saturated rings. The number of aryl methyl sites for hydroxylation is 1. The number of carbonyl (C=O) groups excluding carboxylic acids is 1. The highest BCUT2D eigenvalue weighted by Gasteiger charge is 2.30. The van der Waals surface area contributed by atoms with Crippen LogP contribution in [0.4, 0.5) is 0 Å². The van der Waals surface area contributed by atoms with Crippen LogP contribution < -0.4 is 0 Å². The maximum atomic E-state index is 12.0. The summed E-state index contributed by atoms with van der Waals surface area (Å²) in [4.78, 5) is 13.7. The van der Waals surface area contributed by atoms with Gasteiger partial charge >= 0.3 is 0 Å². The minimum absolute atomic E-state index is 0.0985. The maximum Gasteiger partial charge on any atom is 0.223 e. The summed E-state index contributed by atoms with van der Waals surface area (Å²) in [6, 6.07) is 3.70. The highest BCUT2D eigenvalue weighted by molar-refractivity contribution is 5.76. The van der Waals surface area contributed by atoms with Crippen LogP contribution >= 0.6 is 0 Å². The molecule has 0 radical (unpaired) electrons. The van der Waals surface area contributed by atoms with Crippen LogP contribution in [0.2, 0.25) is 0 Å². The normalized spacial score (nSPS) is 24.9. The van der Waals surface area contributed by atoms with Gasteiger partial charge in [0.05, 0.1) is 11.9 Å². The van der Waals surface area contributed by atoms with Crippen molar-refractivity contribution in [3.05, 3.63) is 24.2 Å². The number of carbonyl (C=O) groups is 1. The van der Waals surface area contributed by atoms with Crippen LogP contribution in [0.5, 0.6) is 0 Å². The summed E-state index contributed by atoms with van der Waals surface area (Å²) >= 11 is 0. The zero-order chi connectivity index (χ0) is 12.3. The van der Waals surface area contributed by atoms with Gasteiger partial charge in [-0.3, -0.25) is 4.79 Å². The van der Waals surface area contributed by atoms with Crippen molar-refractivity contribution in [2.75, 3.05) is 13.1 Å². The monoisotopic (exact) mass is 237 g/mol. The van der Waals surface area contributed by atoms with Gasteiger partial charge in [-0.25, -0.2) is 0 Å². The van der Waals surface area contributed by atoms with Gasteiger partial charge in [-0.15, -0.1) is 0 Å². The Balaban J connectivity index is 1.83. The second-order valence-electron chi connectivity index (χ2n) is 5.00. The Kier molecular flexibility index (Phi) is 3.52. The largest absolute Gasteiger partial charge is 0.469 e. The first-order valence-corrected chi connectivity index (χ1v) is 6.09. The van der Waals surface area contributed by atoms with Gasteiger partial charge in [-0.2, -0.15) is 0 Å². The second kappa shape index (κ2) is 4.92. The first kappa shape index (κ1) is 12.2. The second-order valence-corrected chi connectivity index (χ2v) is 5.00. The molecule has 0 bridgehead atoms. The predicted octanol–water partition coefficient (Wildman–Crippen LogP) is 1.59. The zero-order valence-corrected chi connectivity index (χ0v) is 10.2. The van der Waals surface area contributed by atoms with Gasteiger partial charge in [0.1, 0.15) is 5.76 Å². The van der Waals surface area contributed by atoms with Gasteiger partial charge in [-0.1, -0.05) is 0 Å². The van der Waals surface area contributed by atoms with Crippen molar-refractivity contribution in [1.82, 2.24) is 4.90 Å². The average molecular weight is 237 g/mol. The van der Waals surface area contributed by atoms with Crippen molar-refractivity contribution < 1.29 is 14.3 Å². The van der Waals surface area contributed by atoms with Crippen molar-refractivity contribution in [2.45, 2.75) is 38.2 Å². The number of likely N-dealkylation sites (tertiary alicyclic amines) is 1. The van der Waals surface area contributed by atoms with Crippen LogP contribution in [0.15, 0.2) is 22.8 Å². The Morgan fingerprint density at radius 1 is 1.65 bits per heavy atom. The third-order valence-electron chi connectivity index (χ3n) is 3.19. The third-order valence-corrected chi connectivity index (χ3v) is 3.19. The average Bonchev–Trinajstić information content (AvgIpc) is 2.77. The van der Waals surface area contributed by atoms with Crippen molar-refractivity contribution in [1.29, 1.82) is 0 Å². The van der Waals surface area contributed by atoms with Crippen LogP contribution in [0, 0.1) is 0 Å². The van der Waals surface area contributed by atoms with Crippen LogP contribution in [0.25, 0.3) is 0 Å². The molecular weight excluding hydrogens is 218 g/mol. The van der Waals surface area contributed by atoms with Crippen molar-refractivity contribution >= 4 is 5.91 Å². The molecule has 1 N–H and O–H groups in total. The van der Waals surface area contributed by atoms with Gasteiger partial charge < -0.3 is 14.4 Å². The molecule has 1 aromatic heterocycles. The number of nitrogens with zero attached hydrogens (tertiary/aromatic N) is 1. The van der Waals surface area contributed by atoms with Crippen molar-refractivity contribution in [3.8, 4) is 0 Å². The summed E-state index contributed by atoms with van der Waals surface area (Å²) in [5.74, 6) is 0.934. The SMILES string of the molecule is CC1(O)CCCN(C(=O)CCc2ccco2)C1. The minimum Gasteiger partial charge on any atom is -0.469 e. The summed E-state index contributed by atoms with van der Waals surface area (Å²) in [7, 11) is 0. The first-order valence-electron chi connectivity index (χ1n) is 6.09. The fourth-order valence-electron chi connectivity index (χ4n) is 2.28. The topological polar surface area (TPSA) is 53.7 Å². The molecule has 1 aliphatic heterocycles. The number of hydrogen-bond acceptors (Lipinski definition) is 3. The minimum atomic E-state index is -0.724. The lowest BCUT2D eigenvalue weighted by molar-refractivity contribution is -0.137. The van der Waals surface area contributed by atoms with Crippen LogP contribution in [0.3, 0.4) is 0 Å². The molecule has 2 rings (SSSR count). The van der Waals surface area contributed by atoms with Gasteiger partial charge in [0.15, 0.2) is 0 Å². The lowest BCUT2D eigenvalue weighted by Gasteiger charge is -2.36. The summed E-state index contributed by atoms with van der Waals surface area (Å²) < 4.78 is 5.19. The maximum absolute atomic E-state index is 12.0. The predicted molar refractivity (Wildman–Crippen MR) is 63.5 cm³/mol. The zero-order valence-electron chi connectivity index (χ0n) is 10.2. The lowest BCUT2D eigenvalue weighted by Crippen LogP contribution is -2.48. The Morgan fingerprint density at radius 3 is 3.12 bits per heavy atom. The molecule has 1 atom stereocenters. The Labute approximate surface area is 101 Å². The number of rotatable bonds is 3. The summed E-state index contributed by atoms with van der Waals surface area (Å²) in [6.07, 6.45) is 4.34. The van der Waals surface area contributed by atoms with Crippen molar-refractivity contribution in [2.24, 2.45) is 0 Å². The Morgan fingerprint density at radius 2 is 2.47 bits per heavy atom. The molecule has 2 heterocycles. The molecule has 1 aliphatic rings. The molecule has 94 valence electrons. The molecule has 4 heteroatoms. The van der Waals surface area contributed by atoms with E-state index in [-0.39, 0.29) is 5.91 Å². The van der Waals surface area contributed by atoms with Gasteiger partial charge in [-0.05, 0) is 31.9 Å². The van der Waals surface area contributed by atoms with E-state index in [4.69, 9.17) is 4.42 Å². The molecular formula is C13H19NO3. The smallest absolute Gasteiger partial charge is 0.223 e. The molecule has 17 heavy (non-hydrogen) atoms. The van der Waals surface area contributed by atoms with E-state index in [1.807, 2.05) is 12.1 Å². The van der Waals surface area contributed by atoms with E-state index in [0.717, 1.165) is 25.1 Å². The lowest BCUT2D eigenvalue weighted by atomic mass is 9.95. The van der Waals surface area contributed by atoms with Gasteiger partial charge in [0.25, 0.3) is 0 Å². The van der Waals surface area contributed by atoms with E-state index in [9.17, 15) is 9.90 Å². The number of furan rings is 1.